The average Bonchev–Trinajstić information content (AvgIpc) is 2.83. The fourth-order valence-corrected chi connectivity index (χ4v) is 2.95. The second-order valence-electron chi connectivity index (χ2n) is 6.99. The molecule has 1 amide bonds. The Balaban J connectivity index is 1.68. The number of halogens is 1. The van der Waals surface area contributed by atoms with Crippen molar-refractivity contribution in [2.75, 3.05) is 13.2 Å². The van der Waals surface area contributed by atoms with E-state index in [4.69, 9.17) is 9.47 Å². The maximum absolute atomic E-state index is 14.5. The Kier molecular flexibility index (Phi) is 8.64. The van der Waals surface area contributed by atoms with Gasteiger partial charge in [-0.15, -0.1) is 0 Å². The first-order valence-electron chi connectivity index (χ1n) is 10.4. The van der Waals surface area contributed by atoms with Crippen molar-refractivity contribution in [3.05, 3.63) is 90.3 Å². The van der Waals surface area contributed by atoms with Crippen LogP contribution in [0.1, 0.15) is 24.5 Å². The highest BCUT2D eigenvalue weighted by molar-refractivity contribution is 5.92. The smallest absolute Gasteiger partial charge is 0.307 e. The molecule has 170 valence electrons. The van der Waals surface area contributed by atoms with Gasteiger partial charge in [0.1, 0.15) is 5.75 Å². The highest BCUT2D eigenvalue weighted by Crippen LogP contribution is 2.25. The molecule has 3 aromatic rings. The Morgan fingerprint density at radius 3 is 2.55 bits per heavy atom. The van der Waals surface area contributed by atoms with Crippen molar-refractivity contribution in [1.29, 1.82) is 0 Å². The zero-order valence-electron chi connectivity index (χ0n) is 18.2. The van der Waals surface area contributed by atoms with Crippen molar-refractivity contribution in [2.24, 2.45) is 0 Å². The van der Waals surface area contributed by atoms with Crippen LogP contribution in [0.4, 0.5) is 4.39 Å². The summed E-state index contributed by atoms with van der Waals surface area (Å²) in [5, 5.41) is 0. The molecular formula is C25H24FN3O4. The van der Waals surface area contributed by atoms with Gasteiger partial charge in [0.2, 0.25) is 5.91 Å². The molecule has 7 nitrogen and oxygen atoms in total. The Bertz CT molecular complexity index is 1090. The van der Waals surface area contributed by atoms with Crippen LogP contribution in [0.5, 0.6) is 11.5 Å². The molecule has 2 aromatic heterocycles. The van der Waals surface area contributed by atoms with E-state index in [2.05, 4.69) is 9.97 Å². The van der Waals surface area contributed by atoms with Crippen molar-refractivity contribution in [3.8, 4) is 11.5 Å². The minimum absolute atomic E-state index is 0.0547. The van der Waals surface area contributed by atoms with Gasteiger partial charge in [-0.1, -0.05) is 12.1 Å². The molecule has 3 rings (SSSR count). The van der Waals surface area contributed by atoms with Crippen molar-refractivity contribution >= 4 is 18.0 Å². The highest BCUT2D eigenvalue weighted by Gasteiger charge is 2.14. The molecule has 0 spiro atoms. The van der Waals surface area contributed by atoms with E-state index >= 15 is 0 Å². The predicted octanol–water partition coefficient (Wildman–Crippen LogP) is 4.40. The van der Waals surface area contributed by atoms with Gasteiger partial charge in [-0.05, 0) is 54.5 Å². The third-order valence-corrected chi connectivity index (χ3v) is 4.54. The first-order valence-corrected chi connectivity index (χ1v) is 10.4. The largest absolute Gasteiger partial charge is 0.466 e. The molecule has 0 aliphatic rings. The number of amides is 1. The maximum Gasteiger partial charge on any atom is 0.307 e. The van der Waals surface area contributed by atoms with E-state index in [1.165, 1.54) is 35.4 Å². The van der Waals surface area contributed by atoms with Gasteiger partial charge in [0.05, 0.1) is 19.2 Å². The van der Waals surface area contributed by atoms with Crippen LogP contribution >= 0.6 is 0 Å². The van der Waals surface area contributed by atoms with Crippen LogP contribution in [-0.4, -0.2) is 39.9 Å². The number of nitrogens with zero attached hydrogens (tertiary/aromatic N) is 3. The second kappa shape index (κ2) is 12.1. The summed E-state index contributed by atoms with van der Waals surface area (Å²) in [7, 11) is 0. The van der Waals surface area contributed by atoms with Crippen LogP contribution in [0.3, 0.4) is 0 Å². The lowest BCUT2D eigenvalue weighted by Gasteiger charge is -2.21. The molecule has 0 unspecified atom stereocenters. The number of carbonyl (C=O) groups is 2. The van der Waals surface area contributed by atoms with Crippen molar-refractivity contribution in [1.82, 2.24) is 14.9 Å². The summed E-state index contributed by atoms with van der Waals surface area (Å²) in [6.45, 7) is 2.47. The van der Waals surface area contributed by atoms with Gasteiger partial charge >= 0.3 is 5.97 Å². The number of ether oxygens (including phenoxy) is 2. The topological polar surface area (TPSA) is 81.6 Å². The predicted molar refractivity (Wildman–Crippen MR) is 121 cm³/mol. The SMILES string of the molecule is CCOC(=O)CCN(Cc1cccnc1)C(=O)/C=C/c1ccc(Oc2cccnc2)c(F)c1. The number of pyridine rings is 2. The molecular weight excluding hydrogens is 425 g/mol. The Morgan fingerprint density at radius 2 is 1.88 bits per heavy atom. The third-order valence-electron chi connectivity index (χ3n) is 4.54. The lowest BCUT2D eigenvalue weighted by Crippen LogP contribution is -2.31. The molecule has 1 aromatic carbocycles. The molecule has 0 N–H and O–H groups in total. The zero-order chi connectivity index (χ0) is 23.5. The highest BCUT2D eigenvalue weighted by atomic mass is 19.1. The zero-order valence-corrected chi connectivity index (χ0v) is 18.2. The summed E-state index contributed by atoms with van der Waals surface area (Å²) in [5.74, 6) is -0.791. The number of hydrogen-bond donors (Lipinski definition) is 0. The molecule has 0 aliphatic carbocycles. The van der Waals surface area contributed by atoms with E-state index < -0.39 is 5.82 Å². The van der Waals surface area contributed by atoms with Crippen LogP contribution in [-0.2, 0) is 20.9 Å². The minimum Gasteiger partial charge on any atom is -0.466 e. The number of hydrogen-bond acceptors (Lipinski definition) is 6. The summed E-state index contributed by atoms with van der Waals surface area (Å²) in [6, 6.07) is 11.4. The van der Waals surface area contributed by atoms with Gasteiger partial charge in [0, 0.05) is 37.8 Å². The van der Waals surface area contributed by atoms with Crippen LogP contribution in [0.2, 0.25) is 0 Å². The molecule has 0 atom stereocenters. The molecule has 33 heavy (non-hydrogen) atoms. The summed E-state index contributed by atoms with van der Waals surface area (Å²) in [4.78, 5) is 34.1. The van der Waals surface area contributed by atoms with Gasteiger partial charge in [-0.25, -0.2) is 4.39 Å². The lowest BCUT2D eigenvalue weighted by atomic mass is 10.2. The summed E-state index contributed by atoms with van der Waals surface area (Å²) < 4.78 is 24.9. The molecule has 0 aliphatic heterocycles. The normalized spacial score (nSPS) is 10.7. The van der Waals surface area contributed by atoms with Crippen molar-refractivity contribution in [2.45, 2.75) is 19.9 Å². The van der Waals surface area contributed by atoms with E-state index in [9.17, 15) is 14.0 Å². The Hall–Kier alpha value is -4.07. The molecule has 0 bridgehead atoms. The van der Waals surface area contributed by atoms with Gasteiger partial charge in [0.15, 0.2) is 11.6 Å². The number of aromatic nitrogens is 2. The molecule has 0 radical (unpaired) electrons. The standard InChI is InChI=1S/C25H24FN3O4/c1-2-32-25(31)11-14-29(18-20-5-3-12-27-16-20)24(30)10-8-19-7-9-23(22(26)15-19)33-21-6-4-13-28-17-21/h3-10,12-13,15-17H,2,11,14,18H2,1H3/b10-8+. The van der Waals surface area contributed by atoms with E-state index in [1.807, 2.05) is 6.07 Å². The quantitative estimate of drug-likeness (QED) is 0.337. The monoisotopic (exact) mass is 449 g/mol. The molecule has 2 heterocycles. The van der Waals surface area contributed by atoms with Gasteiger partial charge < -0.3 is 14.4 Å². The van der Waals surface area contributed by atoms with E-state index in [0.717, 1.165) is 5.56 Å². The Morgan fingerprint density at radius 1 is 1.09 bits per heavy atom. The Labute approximate surface area is 191 Å². The van der Waals surface area contributed by atoms with E-state index in [-0.39, 0.29) is 43.7 Å². The fourth-order valence-electron chi connectivity index (χ4n) is 2.95. The van der Waals surface area contributed by atoms with Crippen LogP contribution < -0.4 is 4.74 Å². The first kappa shape index (κ1) is 23.6. The van der Waals surface area contributed by atoms with Crippen LogP contribution in [0, 0.1) is 5.82 Å². The maximum atomic E-state index is 14.5. The van der Waals surface area contributed by atoms with Crippen molar-refractivity contribution in [3.63, 3.8) is 0 Å². The first-order chi connectivity index (χ1) is 16.0. The molecule has 0 saturated heterocycles. The second-order valence-corrected chi connectivity index (χ2v) is 6.99. The number of rotatable bonds is 10. The van der Waals surface area contributed by atoms with Gasteiger partial charge in [0.25, 0.3) is 0 Å². The average molecular weight is 449 g/mol. The van der Waals surface area contributed by atoms with E-state index in [1.54, 1.807) is 49.8 Å². The summed E-state index contributed by atoms with van der Waals surface area (Å²) >= 11 is 0. The summed E-state index contributed by atoms with van der Waals surface area (Å²) in [5.41, 5.74) is 1.32. The number of benzene rings is 1. The number of carbonyl (C=O) groups excluding carboxylic acids is 2. The van der Waals surface area contributed by atoms with E-state index in [0.29, 0.717) is 11.3 Å². The minimum atomic E-state index is -0.567. The molecule has 0 saturated carbocycles. The third kappa shape index (κ3) is 7.53. The van der Waals surface area contributed by atoms with Crippen molar-refractivity contribution < 1.29 is 23.5 Å². The molecule has 8 heteroatoms. The number of esters is 1. The van der Waals surface area contributed by atoms with Crippen LogP contribution in [0.25, 0.3) is 6.08 Å². The fraction of sp³-hybridized carbons (Fsp3) is 0.200. The van der Waals surface area contributed by atoms with Gasteiger partial charge in [-0.3, -0.25) is 19.6 Å². The summed E-state index contributed by atoms with van der Waals surface area (Å²) in [6.07, 6.45) is 9.31. The van der Waals surface area contributed by atoms with Gasteiger partial charge in [-0.2, -0.15) is 0 Å². The lowest BCUT2D eigenvalue weighted by molar-refractivity contribution is -0.143. The van der Waals surface area contributed by atoms with Crippen LogP contribution in [0.15, 0.2) is 73.3 Å². The molecule has 0 fully saturated rings.